The van der Waals surface area contributed by atoms with Crippen molar-refractivity contribution in [1.29, 1.82) is 0 Å². The monoisotopic (exact) mass is 297 g/mol. The molecule has 22 heavy (non-hydrogen) atoms. The molecule has 0 saturated carbocycles. The molecule has 0 aliphatic rings. The fourth-order valence-corrected chi connectivity index (χ4v) is 2.36. The van der Waals surface area contributed by atoms with Crippen LogP contribution in [0, 0.1) is 0 Å². The van der Waals surface area contributed by atoms with E-state index in [1.807, 2.05) is 36.0 Å². The Morgan fingerprint density at radius 2 is 2.27 bits per heavy atom. The van der Waals surface area contributed by atoms with E-state index in [4.69, 9.17) is 4.42 Å². The maximum absolute atomic E-state index is 5.36. The summed E-state index contributed by atoms with van der Waals surface area (Å²) in [7, 11) is 1.92. The molecule has 0 amide bonds. The van der Waals surface area contributed by atoms with Gasteiger partial charge in [0, 0.05) is 37.5 Å². The second-order valence-corrected chi connectivity index (χ2v) is 5.39. The van der Waals surface area contributed by atoms with Gasteiger partial charge in [-0.25, -0.2) is 0 Å². The van der Waals surface area contributed by atoms with E-state index in [0.717, 1.165) is 35.7 Å². The highest BCUT2D eigenvalue weighted by Crippen LogP contribution is 2.19. The van der Waals surface area contributed by atoms with Crippen molar-refractivity contribution in [2.24, 2.45) is 7.05 Å². The van der Waals surface area contributed by atoms with Crippen molar-refractivity contribution in [1.82, 2.24) is 19.7 Å². The lowest BCUT2D eigenvalue weighted by Gasteiger charge is -2.15. The maximum Gasteiger partial charge on any atom is 0.165 e. The summed E-state index contributed by atoms with van der Waals surface area (Å²) >= 11 is 0. The fraction of sp³-hybridized carbons (Fsp3) is 0.312. The Labute approximate surface area is 129 Å². The predicted molar refractivity (Wildman–Crippen MR) is 84.3 cm³/mol. The van der Waals surface area contributed by atoms with E-state index in [1.165, 1.54) is 0 Å². The maximum atomic E-state index is 5.36. The van der Waals surface area contributed by atoms with Crippen LogP contribution in [0.4, 0.5) is 5.69 Å². The molecule has 114 valence electrons. The number of aryl methyl sites for hydroxylation is 2. The van der Waals surface area contributed by atoms with Gasteiger partial charge in [-0.15, -0.1) is 10.2 Å². The molecular formula is C16H19N5O. The van der Waals surface area contributed by atoms with Gasteiger partial charge in [-0.1, -0.05) is 0 Å². The minimum atomic E-state index is 0.321. The highest BCUT2D eigenvalue weighted by Gasteiger charge is 2.08. The molecule has 0 aliphatic carbocycles. The lowest BCUT2D eigenvalue weighted by molar-refractivity contribution is 0.495. The third kappa shape index (κ3) is 3.33. The van der Waals surface area contributed by atoms with E-state index in [1.54, 1.807) is 18.8 Å². The molecule has 6 heteroatoms. The third-order valence-corrected chi connectivity index (χ3v) is 3.52. The lowest BCUT2D eigenvalue weighted by Crippen LogP contribution is -2.16. The summed E-state index contributed by atoms with van der Waals surface area (Å²) in [6.07, 6.45) is 8.91. The predicted octanol–water partition coefficient (Wildman–Crippen LogP) is 2.90. The first-order chi connectivity index (χ1) is 10.7. The van der Waals surface area contributed by atoms with E-state index in [9.17, 15) is 0 Å². The van der Waals surface area contributed by atoms with Crippen LogP contribution in [0.25, 0.3) is 11.4 Å². The largest absolute Gasteiger partial charge is 0.469 e. The van der Waals surface area contributed by atoms with E-state index >= 15 is 0 Å². The molecule has 0 aromatic carbocycles. The molecule has 0 radical (unpaired) electrons. The summed E-state index contributed by atoms with van der Waals surface area (Å²) in [5, 5.41) is 11.5. The molecule has 3 aromatic heterocycles. The molecule has 0 saturated heterocycles. The van der Waals surface area contributed by atoms with Crippen LogP contribution in [0.3, 0.4) is 0 Å². The van der Waals surface area contributed by atoms with Gasteiger partial charge in [0.05, 0.1) is 12.0 Å². The molecule has 0 unspecified atom stereocenters. The topological polar surface area (TPSA) is 68.8 Å². The van der Waals surface area contributed by atoms with Crippen LogP contribution in [0.1, 0.15) is 19.1 Å². The highest BCUT2D eigenvalue weighted by atomic mass is 16.3. The first-order valence-corrected chi connectivity index (χ1v) is 7.30. The van der Waals surface area contributed by atoms with Gasteiger partial charge in [0.15, 0.2) is 5.82 Å². The highest BCUT2D eigenvalue weighted by molar-refractivity contribution is 5.60. The van der Waals surface area contributed by atoms with Crippen molar-refractivity contribution in [3.8, 4) is 11.4 Å². The van der Waals surface area contributed by atoms with Gasteiger partial charge in [-0.3, -0.25) is 4.98 Å². The SMILES string of the molecule is C[C@@H](CCc1ccco1)Nc1cncc(-c2nncn2C)c1. The standard InChI is InChI=1S/C16H19N5O/c1-12(5-6-15-4-3-7-22-15)19-14-8-13(9-17-10-14)16-20-18-11-21(16)2/h3-4,7-12,19H,5-6H2,1-2H3/t12-/m0/s1. The lowest BCUT2D eigenvalue weighted by atomic mass is 10.1. The summed E-state index contributed by atoms with van der Waals surface area (Å²) < 4.78 is 7.23. The van der Waals surface area contributed by atoms with Gasteiger partial charge >= 0.3 is 0 Å². The Hall–Kier alpha value is -2.63. The molecule has 0 bridgehead atoms. The van der Waals surface area contributed by atoms with E-state index < -0.39 is 0 Å². The van der Waals surface area contributed by atoms with Crippen molar-refractivity contribution < 1.29 is 4.42 Å². The normalized spacial score (nSPS) is 12.3. The number of nitrogens with zero attached hydrogens (tertiary/aromatic N) is 4. The smallest absolute Gasteiger partial charge is 0.165 e. The number of hydrogen-bond acceptors (Lipinski definition) is 5. The molecule has 0 fully saturated rings. The summed E-state index contributed by atoms with van der Waals surface area (Å²) in [5.41, 5.74) is 1.93. The first-order valence-electron chi connectivity index (χ1n) is 7.30. The molecule has 3 rings (SSSR count). The van der Waals surface area contributed by atoms with Crippen molar-refractivity contribution >= 4 is 5.69 Å². The molecular weight excluding hydrogens is 278 g/mol. The number of aromatic nitrogens is 4. The van der Waals surface area contributed by atoms with Gasteiger partial charge in [-0.05, 0) is 31.5 Å². The second-order valence-electron chi connectivity index (χ2n) is 5.39. The number of anilines is 1. The van der Waals surface area contributed by atoms with Gasteiger partial charge in [0.25, 0.3) is 0 Å². The van der Waals surface area contributed by atoms with E-state index in [0.29, 0.717) is 6.04 Å². The Morgan fingerprint density at radius 3 is 3.00 bits per heavy atom. The molecule has 0 spiro atoms. The average molecular weight is 297 g/mol. The Bertz CT molecular complexity index is 720. The van der Waals surface area contributed by atoms with Crippen molar-refractivity contribution in [2.75, 3.05) is 5.32 Å². The van der Waals surface area contributed by atoms with Crippen LogP contribution < -0.4 is 5.32 Å². The van der Waals surface area contributed by atoms with Crippen LogP contribution in [-0.2, 0) is 13.5 Å². The molecule has 0 aliphatic heterocycles. The van der Waals surface area contributed by atoms with Gasteiger partial charge in [0.1, 0.15) is 12.1 Å². The van der Waals surface area contributed by atoms with Crippen LogP contribution in [0.15, 0.2) is 47.6 Å². The number of pyridine rings is 1. The number of furan rings is 1. The first kappa shape index (κ1) is 14.3. The zero-order chi connectivity index (χ0) is 15.4. The zero-order valence-electron chi connectivity index (χ0n) is 12.7. The third-order valence-electron chi connectivity index (χ3n) is 3.52. The van der Waals surface area contributed by atoms with Crippen LogP contribution >= 0.6 is 0 Å². The average Bonchev–Trinajstić information content (AvgIpc) is 3.16. The van der Waals surface area contributed by atoms with E-state index in [-0.39, 0.29) is 0 Å². The summed E-state index contributed by atoms with van der Waals surface area (Å²) in [5.74, 6) is 1.82. The van der Waals surface area contributed by atoms with Crippen LogP contribution in [-0.4, -0.2) is 25.8 Å². The minimum absolute atomic E-state index is 0.321. The number of rotatable bonds is 6. The fourth-order valence-electron chi connectivity index (χ4n) is 2.36. The van der Waals surface area contributed by atoms with Crippen molar-refractivity contribution in [3.05, 3.63) is 48.9 Å². The second kappa shape index (κ2) is 6.43. The van der Waals surface area contributed by atoms with Crippen LogP contribution in [0.5, 0.6) is 0 Å². The minimum Gasteiger partial charge on any atom is -0.469 e. The molecule has 3 heterocycles. The molecule has 1 atom stereocenters. The van der Waals surface area contributed by atoms with Crippen molar-refractivity contribution in [3.63, 3.8) is 0 Å². The summed E-state index contributed by atoms with van der Waals surface area (Å²) in [4.78, 5) is 4.28. The quantitative estimate of drug-likeness (QED) is 0.757. The summed E-state index contributed by atoms with van der Waals surface area (Å²) in [6, 6.07) is 6.28. The Balaban J connectivity index is 1.64. The number of nitrogens with one attached hydrogen (secondary N) is 1. The van der Waals surface area contributed by atoms with Gasteiger partial charge in [0.2, 0.25) is 0 Å². The number of hydrogen-bond donors (Lipinski definition) is 1. The molecule has 6 nitrogen and oxygen atoms in total. The molecule has 3 aromatic rings. The summed E-state index contributed by atoms with van der Waals surface area (Å²) in [6.45, 7) is 2.15. The Kier molecular flexibility index (Phi) is 4.18. The van der Waals surface area contributed by atoms with Gasteiger partial charge < -0.3 is 14.3 Å². The molecule has 1 N–H and O–H groups in total. The zero-order valence-corrected chi connectivity index (χ0v) is 12.7. The van der Waals surface area contributed by atoms with Gasteiger partial charge in [-0.2, -0.15) is 0 Å². The van der Waals surface area contributed by atoms with Crippen LogP contribution in [0.2, 0.25) is 0 Å². The Morgan fingerprint density at radius 1 is 1.36 bits per heavy atom. The van der Waals surface area contributed by atoms with Crippen molar-refractivity contribution in [2.45, 2.75) is 25.8 Å². The van der Waals surface area contributed by atoms with E-state index in [2.05, 4.69) is 27.4 Å².